The van der Waals surface area contributed by atoms with Gasteiger partial charge in [-0.3, -0.25) is 14.4 Å². The summed E-state index contributed by atoms with van der Waals surface area (Å²) in [5.41, 5.74) is 0.524. The van der Waals surface area contributed by atoms with Crippen molar-refractivity contribution in [1.82, 2.24) is 10.2 Å². The number of nitrogens with zero attached hydrogens (tertiary/aromatic N) is 2. The lowest BCUT2D eigenvalue weighted by Gasteiger charge is -2.37. The van der Waals surface area contributed by atoms with Crippen molar-refractivity contribution < 1.29 is 24.2 Å². The predicted molar refractivity (Wildman–Crippen MR) is 146 cm³/mol. The highest BCUT2D eigenvalue weighted by Crippen LogP contribution is 2.60. The summed E-state index contributed by atoms with van der Waals surface area (Å²) in [4.78, 5) is 44.5. The molecule has 0 aromatic heterocycles. The van der Waals surface area contributed by atoms with Gasteiger partial charge in [0.2, 0.25) is 17.7 Å². The molecule has 3 N–H and O–H groups in total. The Balaban J connectivity index is 1.71. The number of ether oxygens (including phenoxy) is 1. The second-order valence-corrected chi connectivity index (χ2v) is 11.9. The number of hydrogen-bond donors (Lipinski definition) is 3. The van der Waals surface area contributed by atoms with Crippen LogP contribution >= 0.6 is 15.9 Å². The molecule has 4 rings (SSSR count). The first-order chi connectivity index (χ1) is 17.6. The molecule has 7 atom stereocenters. The Hall–Kier alpha value is -2.17. The van der Waals surface area contributed by atoms with Crippen molar-refractivity contribution >= 4 is 45.0 Å². The normalized spacial score (nSPS) is 31.0. The van der Waals surface area contributed by atoms with Crippen LogP contribution in [-0.2, 0) is 19.1 Å². The summed E-state index contributed by atoms with van der Waals surface area (Å²) in [5, 5.41) is 16.0. The van der Waals surface area contributed by atoms with Crippen LogP contribution in [0, 0.1) is 17.8 Å². The number of anilines is 2. The number of likely N-dealkylation sites (tertiary alicyclic amines) is 1. The molecule has 3 fully saturated rings. The van der Waals surface area contributed by atoms with Crippen LogP contribution in [0.25, 0.3) is 0 Å². The van der Waals surface area contributed by atoms with Crippen molar-refractivity contribution in [3.8, 4) is 0 Å². The maximum absolute atomic E-state index is 14.0. The number of carbonyl (C=O) groups is 3. The Morgan fingerprint density at radius 1 is 1.22 bits per heavy atom. The zero-order valence-electron chi connectivity index (χ0n) is 22.2. The molecule has 1 aromatic rings. The Bertz CT molecular complexity index is 1020. The van der Waals surface area contributed by atoms with Crippen molar-refractivity contribution in [1.29, 1.82) is 0 Å². The topological polar surface area (TPSA) is 111 Å². The van der Waals surface area contributed by atoms with E-state index in [2.05, 4.69) is 45.3 Å². The summed E-state index contributed by atoms with van der Waals surface area (Å²) in [5.74, 6) is -2.24. The van der Waals surface area contributed by atoms with E-state index in [0.717, 1.165) is 18.8 Å². The van der Waals surface area contributed by atoms with Crippen LogP contribution in [0.4, 0.5) is 11.4 Å². The zero-order chi connectivity index (χ0) is 27.1. The molecular weight excluding hydrogens is 540 g/mol. The molecule has 3 aliphatic rings. The van der Waals surface area contributed by atoms with Crippen LogP contribution in [-0.4, -0.2) is 83.1 Å². The highest BCUT2D eigenvalue weighted by Gasteiger charge is 2.77. The van der Waals surface area contributed by atoms with Crippen LogP contribution in [0.2, 0.25) is 0 Å². The molecule has 3 saturated heterocycles. The second-order valence-electron chi connectivity index (χ2n) is 10.7. The minimum absolute atomic E-state index is 0.167. The number of benzene rings is 1. The lowest BCUT2D eigenvalue weighted by atomic mass is 9.70. The summed E-state index contributed by atoms with van der Waals surface area (Å²) >= 11 is 3.66. The third-order valence-corrected chi connectivity index (χ3v) is 8.98. The SMILES string of the molecule is CCN(CC)c1ccc(NC(=O)C2N([C@@H](CO)CC(C)C)C(=O)[C@@H]3[C@@H](C(=O)NC)[C@@H]4OC23CC4Br)cc1. The molecule has 1 aromatic carbocycles. The third kappa shape index (κ3) is 4.65. The molecule has 3 aliphatic heterocycles. The van der Waals surface area contributed by atoms with Crippen molar-refractivity contribution in [2.24, 2.45) is 17.8 Å². The van der Waals surface area contributed by atoms with E-state index in [9.17, 15) is 19.5 Å². The Labute approximate surface area is 227 Å². The molecule has 2 bridgehead atoms. The molecule has 3 heterocycles. The number of hydrogen-bond acceptors (Lipinski definition) is 6. The van der Waals surface area contributed by atoms with Crippen molar-refractivity contribution in [3.05, 3.63) is 24.3 Å². The number of aliphatic hydroxyl groups excluding tert-OH is 1. The monoisotopic (exact) mass is 578 g/mol. The van der Waals surface area contributed by atoms with Crippen LogP contribution in [0.1, 0.15) is 40.5 Å². The molecule has 3 unspecified atom stereocenters. The standard InChI is InChI=1S/C27H39BrN4O5/c1-6-31(7-2)17-10-8-16(9-11-17)30-25(35)23-27-13-19(28)22(37-27)20(24(34)29-5)21(27)26(36)32(23)18(14-33)12-15(3)4/h8-11,15,18-23,33H,6-7,12-14H2,1-5H3,(H,29,34)(H,30,35)/t18-,19?,20-,21+,22-,23?,27?/m1/s1. The van der Waals surface area contributed by atoms with Gasteiger partial charge in [-0.25, -0.2) is 0 Å². The van der Waals surface area contributed by atoms with Gasteiger partial charge in [-0.1, -0.05) is 29.8 Å². The number of halogens is 1. The van der Waals surface area contributed by atoms with E-state index < -0.39 is 35.6 Å². The minimum atomic E-state index is -1.15. The summed E-state index contributed by atoms with van der Waals surface area (Å²) < 4.78 is 6.46. The molecule has 0 radical (unpaired) electrons. The van der Waals surface area contributed by atoms with Gasteiger partial charge >= 0.3 is 0 Å². The zero-order valence-corrected chi connectivity index (χ0v) is 23.8. The van der Waals surface area contributed by atoms with Gasteiger partial charge < -0.3 is 30.3 Å². The van der Waals surface area contributed by atoms with Gasteiger partial charge in [0, 0.05) is 36.3 Å². The lowest BCUT2D eigenvalue weighted by molar-refractivity contribution is -0.144. The van der Waals surface area contributed by atoms with Crippen molar-refractivity contribution in [3.63, 3.8) is 0 Å². The van der Waals surface area contributed by atoms with Gasteiger partial charge in [-0.2, -0.15) is 0 Å². The molecule has 10 heteroatoms. The Morgan fingerprint density at radius 2 is 1.86 bits per heavy atom. The summed E-state index contributed by atoms with van der Waals surface area (Å²) in [6.45, 7) is 9.69. The molecule has 1 spiro atoms. The summed E-state index contributed by atoms with van der Waals surface area (Å²) in [6.07, 6.45) is 0.452. The fourth-order valence-corrected chi connectivity index (χ4v) is 7.54. The largest absolute Gasteiger partial charge is 0.394 e. The Morgan fingerprint density at radius 3 is 2.41 bits per heavy atom. The van der Waals surface area contributed by atoms with E-state index >= 15 is 0 Å². The number of alkyl halides is 1. The van der Waals surface area contributed by atoms with E-state index in [0.29, 0.717) is 18.5 Å². The van der Waals surface area contributed by atoms with Crippen LogP contribution in [0.5, 0.6) is 0 Å². The second kappa shape index (κ2) is 10.9. The van der Waals surface area contributed by atoms with Gasteiger partial charge in [0.15, 0.2) is 0 Å². The maximum Gasteiger partial charge on any atom is 0.250 e. The van der Waals surface area contributed by atoms with Gasteiger partial charge in [-0.05, 0) is 56.9 Å². The number of nitrogens with one attached hydrogen (secondary N) is 2. The minimum Gasteiger partial charge on any atom is -0.394 e. The van der Waals surface area contributed by atoms with E-state index in [1.54, 1.807) is 7.05 Å². The fraction of sp³-hybridized carbons (Fsp3) is 0.667. The molecule has 0 aliphatic carbocycles. The van der Waals surface area contributed by atoms with E-state index in [1.807, 2.05) is 38.1 Å². The quantitative estimate of drug-likeness (QED) is 0.367. The fourth-order valence-electron chi connectivity index (χ4n) is 6.60. The van der Waals surface area contributed by atoms with Gasteiger partial charge in [0.05, 0.1) is 30.6 Å². The molecule has 9 nitrogen and oxygen atoms in total. The maximum atomic E-state index is 14.0. The van der Waals surface area contributed by atoms with E-state index in [4.69, 9.17) is 4.74 Å². The first-order valence-corrected chi connectivity index (χ1v) is 14.2. The van der Waals surface area contributed by atoms with E-state index in [1.165, 1.54) is 4.90 Å². The number of rotatable bonds is 10. The van der Waals surface area contributed by atoms with E-state index in [-0.39, 0.29) is 35.1 Å². The Kier molecular flexibility index (Phi) is 8.21. The van der Waals surface area contributed by atoms with Gasteiger partial charge in [-0.15, -0.1) is 0 Å². The van der Waals surface area contributed by atoms with Gasteiger partial charge in [0.1, 0.15) is 11.6 Å². The van der Waals surface area contributed by atoms with Crippen LogP contribution in [0.15, 0.2) is 24.3 Å². The molecular formula is C27H39BrN4O5. The average molecular weight is 580 g/mol. The highest BCUT2D eigenvalue weighted by molar-refractivity contribution is 9.09. The first kappa shape index (κ1) is 27.9. The van der Waals surface area contributed by atoms with Gasteiger partial charge in [0.25, 0.3) is 0 Å². The number of carbonyl (C=O) groups excluding carboxylic acids is 3. The molecule has 3 amide bonds. The number of aliphatic hydroxyl groups is 1. The average Bonchev–Trinajstić information content (AvgIpc) is 3.47. The predicted octanol–water partition coefficient (Wildman–Crippen LogP) is 2.37. The summed E-state index contributed by atoms with van der Waals surface area (Å²) in [7, 11) is 1.54. The molecule has 37 heavy (non-hydrogen) atoms. The van der Waals surface area contributed by atoms with Crippen LogP contribution in [0.3, 0.4) is 0 Å². The number of amides is 3. The summed E-state index contributed by atoms with van der Waals surface area (Å²) in [6, 6.07) is 6.10. The molecule has 204 valence electrons. The van der Waals surface area contributed by atoms with Crippen LogP contribution < -0.4 is 15.5 Å². The highest BCUT2D eigenvalue weighted by atomic mass is 79.9. The lowest BCUT2D eigenvalue weighted by Crippen LogP contribution is -2.56. The van der Waals surface area contributed by atoms with Crippen molar-refractivity contribution in [2.75, 3.05) is 37.0 Å². The smallest absolute Gasteiger partial charge is 0.250 e. The third-order valence-electron chi connectivity index (χ3n) is 8.14. The van der Waals surface area contributed by atoms with Crippen molar-refractivity contribution in [2.45, 2.75) is 69.2 Å². The first-order valence-electron chi connectivity index (χ1n) is 13.3. The number of fused-ring (bicyclic) bond motifs is 1. The molecule has 0 saturated carbocycles.